The van der Waals surface area contributed by atoms with Gasteiger partial charge in [-0.05, 0) is 37.8 Å². The SMILES string of the molecule is COc1cc(C(C)(C)N)ccc1SC. The highest BCUT2D eigenvalue weighted by molar-refractivity contribution is 7.98. The summed E-state index contributed by atoms with van der Waals surface area (Å²) in [5.74, 6) is 0.897. The number of hydrogen-bond donors (Lipinski definition) is 1. The molecule has 0 fully saturated rings. The molecule has 0 spiro atoms. The molecular formula is C11H17NOS. The van der Waals surface area contributed by atoms with Gasteiger partial charge in [0.1, 0.15) is 5.75 Å². The fraction of sp³-hybridized carbons (Fsp3) is 0.455. The normalized spacial score (nSPS) is 11.5. The Kier molecular flexibility index (Phi) is 3.45. The van der Waals surface area contributed by atoms with Gasteiger partial charge in [0, 0.05) is 10.4 Å². The summed E-state index contributed by atoms with van der Waals surface area (Å²) in [6, 6.07) is 6.10. The van der Waals surface area contributed by atoms with Gasteiger partial charge in [0.15, 0.2) is 0 Å². The van der Waals surface area contributed by atoms with E-state index in [0.29, 0.717) is 0 Å². The van der Waals surface area contributed by atoms with Gasteiger partial charge in [0.05, 0.1) is 7.11 Å². The first kappa shape index (κ1) is 11.4. The summed E-state index contributed by atoms with van der Waals surface area (Å²) in [6.45, 7) is 3.97. The van der Waals surface area contributed by atoms with Crippen molar-refractivity contribution in [3.8, 4) is 5.75 Å². The Morgan fingerprint density at radius 2 is 2.00 bits per heavy atom. The van der Waals surface area contributed by atoms with Crippen molar-refractivity contribution < 1.29 is 4.74 Å². The molecule has 0 aromatic heterocycles. The van der Waals surface area contributed by atoms with Crippen molar-refractivity contribution in [1.82, 2.24) is 0 Å². The van der Waals surface area contributed by atoms with Crippen molar-refractivity contribution in [3.63, 3.8) is 0 Å². The lowest BCUT2D eigenvalue weighted by Crippen LogP contribution is -2.28. The summed E-state index contributed by atoms with van der Waals surface area (Å²) in [5, 5.41) is 0. The van der Waals surface area contributed by atoms with E-state index >= 15 is 0 Å². The van der Waals surface area contributed by atoms with Crippen LogP contribution in [-0.2, 0) is 5.54 Å². The Morgan fingerprint density at radius 3 is 2.43 bits per heavy atom. The van der Waals surface area contributed by atoms with Gasteiger partial charge in [-0.2, -0.15) is 0 Å². The fourth-order valence-corrected chi connectivity index (χ4v) is 1.78. The number of hydrogen-bond acceptors (Lipinski definition) is 3. The van der Waals surface area contributed by atoms with Crippen LogP contribution in [0.5, 0.6) is 5.75 Å². The van der Waals surface area contributed by atoms with E-state index in [1.807, 2.05) is 38.3 Å². The number of ether oxygens (including phenoxy) is 1. The largest absolute Gasteiger partial charge is 0.496 e. The number of benzene rings is 1. The zero-order valence-corrected chi connectivity index (χ0v) is 9.94. The molecule has 1 aromatic rings. The summed E-state index contributed by atoms with van der Waals surface area (Å²) in [7, 11) is 1.68. The van der Waals surface area contributed by atoms with Crippen LogP contribution in [0.15, 0.2) is 23.1 Å². The lowest BCUT2D eigenvalue weighted by Gasteiger charge is -2.20. The molecule has 78 valence electrons. The van der Waals surface area contributed by atoms with E-state index in [0.717, 1.165) is 16.2 Å². The van der Waals surface area contributed by atoms with Crippen molar-refractivity contribution in [2.24, 2.45) is 5.73 Å². The quantitative estimate of drug-likeness (QED) is 0.781. The molecule has 0 amide bonds. The highest BCUT2D eigenvalue weighted by Crippen LogP contribution is 2.31. The Labute approximate surface area is 89.8 Å². The molecule has 14 heavy (non-hydrogen) atoms. The van der Waals surface area contributed by atoms with Crippen LogP contribution in [0, 0.1) is 0 Å². The van der Waals surface area contributed by atoms with Crippen LogP contribution in [0.25, 0.3) is 0 Å². The smallest absolute Gasteiger partial charge is 0.132 e. The molecule has 0 saturated heterocycles. The van der Waals surface area contributed by atoms with E-state index in [9.17, 15) is 0 Å². The van der Waals surface area contributed by atoms with E-state index < -0.39 is 0 Å². The molecule has 0 aliphatic carbocycles. The summed E-state index contributed by atoms with van der Waals surface area (Å²) in [5.41, 5.74) is 6.78. The molecule has 0 bridgehead atoms. The average molecular weight is 211 g/mol. The third-order valence-electron chi connectivity index (χ3n) is 2.13. The highest BCUT2D eigenvalue weighted by Gasteiger charge is 2.15. The number of thioether (sulfide) groups is 1. The molecule has 0 saturated carbocycles. The molecule has 0 unspecified atom stereocenters. The topological polar surface area (TPSA) is 35.2 Å². The molecule has 0 aliphatic rings. The minimum atomic E-state index is -0.315. The van der Waals surface area contributed by atoms with Gasteiger partial charge < -0.3 is 10.5 Å². The van der Waals surface area contributed by atoms with Crippen LogP contribution in [-0.4, -0.2) is 13.4 Å². The van der Waals surface area contributed by atoms with Gasteiger partial charge in [-0.15, -0.1) is 11.8 Å². The first-order valence-electron chi connectivity index (χ1n) is 4.50. The third-order valence-corrected chi connectivity index (χ3v) is 2.90. The Bertz CT molecular complexity index is 318. The highest BCUT2D eigenvalue weighted by atomic mass is 32.2. The van der Waals surface area contributed by atoms with E-state index in [2.05, 4.69) is 0 Å². The van der Waals surface area contributed by atoms with Gasteiger partial charge >= 0.3 is 0 Å². The molecule has 0 heterocycles. The van der Waals surface area contributed by atoms with Crippen molar-refractivity contribution in [2.45, 2.75) is 24.3 Å². The standard InChI is InChI=1S/C11H17NOS/c1-11(2,12)8-5-6-10(14-4)9(7-8)13-3/h5-7H,12H2,1-4H3. The molecule has 0 atom stereocenters. The first-order valence-corrected chi connectivity index (χ1v) is 5.73. The molecule has 1 rings (SSSR count). The van der Waals surface area contributed by atoms with Crippen LogP contribution in [0.2, 0.25) is 0 Å². The van der Waals surface area contributed by atoms with Crippen molar-refractivity contribution in [2.75, 3.05) is 13.4 Å². The molecule has 1 aromatic carbocycles. The lowest BCUT2D eigenvalue weighted by atomic mass is 9.96. The van der Waals surface area contributed by atoms with Gasteiger partial charge in [-0.3, -0.25) is 0 Å². The second-order valence-electron chi connectivity index (χ2n) is 3.79. The predicted octanol–water partition coefficient (Wildman–Crippen LogP) is 2.61. The molecule has 2 nitrogen and oxygen atoms in total. The Hall–Kier alpha value is -0.670. The number of rotatable bonds is 3. The summed E-state index contributed by atoms with van der Waals surface area (Å²) in [6.07, 6.45) is 2.03. The maximum absolute atomic E-state index is 6.01. The zero-order valence-electron chi connectivity index (χ0n) is 9.13. The molecule has 0 aliphatic heterocycles. The zero-order chi connectivity index (χ0) is 10.8. The van der Waals surface area contributed by atoms with Gasteiger partial charge in [-0.25, -0.2) is 0 Å². The van der Waals surface area contributed by atoms with Crippen LogP contribution >= 0.6 is 11.8 Å². The second kappa shape index (κ2) is 4.24. The molecule has 2 N–H and O–H groups in total. The van der Waals surface area contributed by atoms with Gasteiger partial charge in [0.25, 0.3) is 0 Å². The third kappa shape index (κ3) is 2.42. The maximum atomic E-state index is 6.01. The van der Waals surface area contributed by atoms with Crippen molar-refractivity contribution >= 4 is 11.8 Å². The van der Waals surface area contributed by atoms with Crippen LogP contribution in [0.1, 0.15) is 19.4 Å². The Morgan fingerprint density at radius 1 is 1.36 bits per heavy atom. The van der Waals surface area contributed by atoms with Gasteiger partial charge in [-0.1, -0.05) is 6.07 Å². The van der Waals surface area contributed by atoms with Crippen LogP contribution < -0.4 is 10.5 Å². The van der Waals surface area contributed by atoms with Crippen molar-refractivity contribution in [3.05, 3.63) is 23.8 Å². The van der Waals surface area contributed by atoms with Crippen molar-refractivity contribution in [1.29, 1.82) is 0 Å². The maximum Gasteiger partial charge on any atom is 0.132 e. The predicted molar refractivity (Wildman–Crippen MR) is 62.0 cm³/mol. The van der Waals surface area contributed by atoms with Crippen LogP contribution in [0.3, 0.4) is 0 Å². The van der Waals surface area contributed by atoms with Crippen LogP contribution in [0.4, 0.5) is 0 Å². The summed E-state index contributed by atoms with van der Waals surface area (Å²) >= 11 is 1.67. The molecular weight excluding hydrogens is 194 g/mol. The summed E-state index contributed by atoms with van der Waals surface area (Å²) < 4.78 is 5.30. The van der Waals surface area contributed by atoms with E-state index in [4.69, 9.17) is 10.5 Å². The van der Waals surface area contributed by atoms with E-state index in [1.54, 1.807) is 18.9 Å². The molecule has 3 heteroatoms. The van der Waals surface area contributed by atoms with E-state index in [1.165, 1.54) is 0 Å². The second-order valence-corrected chi connectivity index (χ2v) is 4.64. The fourth-order valence-electron chi connectivity index (χ4n) is 1.24. The number of nitrogens with two attached hydrogens (primary N) is 1. The summed E-state index contributed by atoms with van der Waals surface area (Å²) in [4.78, 5) is 1.14. The number of methoxy groups -OCH3 is 1. The minimum Gasteiger partial charge on any atom is -0.496 e. The van der Waals surface area contributed by atoms with E-state index in [-0.39, 0.29) is 5.54 Å². The average Bonchev–Trinajstić information content (AvgIpc) is 2.15. The Balaban J connectivity index is 3.14. The minimum absolute atomic E-state index is 0.315. The lowest BCUT2D eigenvalue weighted by molar-refractivity contribution is 0.402. The van der Waals surface area contributed by atoms with Gasteiger partial charge in [0.2, 0.25) is 0 Å². The monoisotopic (exact) mass is 211 g/mol. The first-order chi connectivity index (χ1) is 6.49. The molecule has 0 radical (unpaired) electrons.